The van der Waals surface area contributed by atoms with Gasteiger partial charge in [0.1, 0.15) is 9.84 Å². The lowest BCUT2D eigenvalue weighted by molar-refractivity contribution is 0.505. The highest BCUT2D eigenvalue weighted by Crippen LogP contribution is 2.22. The van der Waals surface area contributed by atoms with Gasteiger partial charge in [-0.05, 0) is 37.8 Å². The van der Waals surface area contributed by atoms with Crippen LogP contribution in [0.3, 0.4) is 0 Å². The summed E-state index contributed by atoms with van der Waals surface area (Å²) in [5.41, 5.74) is 6.32. The second kappa shape index (κ2) is 7.03. The van der Waals surface area contributed by atoms with E-state index in [9.17, 15) is 8.42 Å². The Kier molecular flexibility index (Phi) is 5.97. The molecule has 0 heterocycles. The summed E-state index contributed by atoms with van der Waals surface area (Å²) in [6, 6.07) is 6.23. The molecule has 0 fully saturated rings. The number of sulfone groups is 1. The van der Waals surface area contributed by atoms with Gasteiger partial charge in [0, 0.05) is 11.8 Å². The Bertz CT molecular complexity index is 512. The molecule has 0 bridgehead atoms. The first-order valence-corrected chi connectivity index (χ1v) is 8.45. The standard InChI is InChI=1S/C14H24N2O2S/c1-4-19(17,18)9-5-6-14(16-15)13-8-7-11(2)10-12(13)3/h7-8,10,14,16H,4-6,9,15H2,1-3H3. The summed E-state index contributed by atoms with van der Waals surface area (Å²) in [7, 11) is -2.89. The van der Waals surface area contributed by atoms with Crippen molar-refractivity contribution >= 4 is 9.84 Å². The molecule has 0 amide bonds. The fourth-order valence-electron chi connectivity index (χ4n) is 2.20. The zero-order valence-corrected chi connectivity index (χ0v) is 12.8. The number of hydrogen-bond acceptors (Lipinski definition) is 4. The van der Waals surface area contributed by atoms with Gasteiger partial charge in [-0.2, -0.15) is 0 Å². The van der Waals surface area contributed by atoms with Gasteiger partial charge in [-0.25, -0.2) is 8.42 Å². The lowest BCUT2D eigenvalue weighted by atomic mass is 9.97. The highest BCUT2D eigenvalue weighted by molar-refractivity contribution is 7.91. The monoisotopic (exact) mass is 284 g/mol. The third-order valence-corrected chi connectivity index (χ3v) is 5.18. The van der Waals surface area contributed by atoms with Gasteiger partial charge < -0.3 is 0 Å². The normalized spacial score (nSPS) is 13.5. The van der Waals surface area contributed by atoms with Crippen LogP contribution in [0.5, 0.6) is 0 Å². The van der Waals surface area contributed by atoms with Crippen molar-refractivity contribution in [1.29, 1.82) is 0 Å². The minimum atomic E-state index is -2.89. The predicted octanol–water partition coefficient (Wildman–Crippen LogP) is 2.02. The zero-order valence-electron chi connectivity index (χ0n) is 11.9. The Morgan fingerprint density at radius 1 is 1.32 bits per heavy atom. The molecule has 1 rings (SSSR count). The lowest BCUT2D eigenvalue weighted by Gasteiger charge is -2.19. The molecular weight excluding hydrogens is 260 g/mol. The number of hydrogen-bond donors (Lipinski definition) is 2. The number of aryl methyl sites for hydroxylation is 2. The summed E-state index contributed by atoms with van der Waals surface area (Å²) in [6.45, 7) is 5.78. The van der Waals surface area contributed by atoms with Gasteiger partial charge in [-0.1, -0.05) is 30.7 Å². The molecule has 0 aliphatic carbocycles. The first-order valence-electron chi connectivity index (χ1n) is 6.63. The average molecular weight is 284 g/mol. The van der Waals surface area contributed by atoms with Gasteiger partial charge in [0.05, 0.1) is 5.75 Å². The fraction of sp³-hybridized carbons (Fsp3) is 0.571. The van der Waals surface area contributed by atoms with Crippen molar-refractivity contribution in [2.75, 3.05) is 11.5 Å². The molecular formula is C14H24N2O2S. The number of hydrazine groups is 1. The quantitative estimate of drug-likeness (QED) is 0.593. The predicted molar refractivity (Wildman–Crippen MR) is 79.5 cm³/mol. The van der Waals surface area contributed by atoms with Crippen molar-refractivity contribution in [3.05, 3.63) is 34.9 Å². The first kappa shape index (κ1) is 16.1. The van der Waals surface area contributed by atoms with Crippen molar-refractivity contribution in [2.45, 2.75) is 39.7 Å². The third kappa shape index (κ3) is 4.93. The van der Waals surface area contributed by atoms with Crippen molar-refractivity contribution in [2.24, 2.45) is 5.84 Å². The highest BCUT2D eigenvalue weighted by Gasteiger charge is 2.14. The average Bonchev–Trinajstić information content (AvgIpc) is 2.36. The highest BCUT2D eigenvalue weighted by atomic mass is 32.2. The number of nitrogens with one attached hydrogen (secondary N) is 1. The van der Waals surface area contributed by atoms with Gasteiger partial charge in [0.15, 0.2) is 0 Å². The summed E-state index contributed by atoms with van der Waals surface area (Å²) >= 11 is 0. The molecule has 0 spiro atoms. The van der Waals surface area contributed by atoms with Crippen LogP contribution in [0.4, 0.5) is 0 Å². The molecule has 0 radical (unpaired) electrons. The SMILES string of the molecule is CCS(=O)(=O)CCCC(NN)c1ccc(C)cc1C. The molecule has 1 unspecified atom stereocenters. The largest absolute Gasteiger partial charge is 0.271 e. The van der Waals surface area contributed by atoms with E-state index in [1.54, 1.807) is 6.92 Å². The van der Waals surface area contributed by atoms with Crippen molar-refractivity contribution in [3.8, 4) is 0 Å². The van der Waals surface area contributed by atoms with Crippen LogP contribution in [-0.2, 0) is 9.84 Å². The number of nitrogens with two attached hydrogens (primary N) is 1. The van der Waals surface area contributed by atoms with Crippen molar-refractivity contribution in [1.82, 2.24) is 5.43 Å². The maximum absolute atomic E-state index is 11.5. The van der Waals surface area contributed by atoms with E-state index in [1.807, 2.05) is 0 Å². The second-order valence-electron chi connectivity index (χ2n) is 4.96. The van der Waals surface area contributed by atoms with E-state index in [0.29, 0.717) is 6.42 Å². The molecule has 0 aromatic heterocycles. The van der Waals surface area contributed by atoms with Crippen LogP contribution in [-0.4, -0.2) is 19.9 Å². The van der Waals surface area contributed by atoms with Crippen molar-refractivity contribution in [3.63, 3.8) is 0 Å². The van der Waals surface area contributed by atoms with Crippen LogP contribution in [0, 0.1) is 13.8 Å². The minimum absolute atomic E-state index is 0.00709. The molecule has 0 saturated heterocycles. The molecule has 1 aromatic rings. The van der Waals surface area contributed by atoms with E-state index < -0.39 is 9.84 Å². The Hall–Kier alpha value is -0.910. The summed E-state index contributed by atoms with van der Waals surface area (Å²) in [5, 5.41) is 0. The van der Waals surface area contributed by atoms with Crippen LogP contribution >= 0.6 is 0 Å². The number of benzene rings is 1. The van der Waals surface area contributed by atoms with E-state index >= 15 is 0 Å². The van der Waals surface area contributed by atoms with Gasteiger partial charge in [0.2, 0.25) is 0 Å². The molecule has 0 aliphatic rings. The summed E-state index contributed by atoms with van der Waals surface area (Å²) < 4.78 is 22.9. The maximum Gasteiger partial charge on any atom is 0.150 e. The molecule has 4 nitrogen and oxygen atoms in total. The zero-order chi connectivity index (χ0) is 14.5. The van der Waals surface area contributed by atoms with Gasteiger partial charge in [-0.3, -0.25) is 11.3 Å². The van der Waals surface area contributed by atoms with Crippen LogP contribution in [0.1, 0.15) is 42.5 Å². The number of rotatable bonds is 7. The van der Waals surface area contributed by atoms with Gasteiger partial charge in [-0.15, -0.1) is 0 Å². The van der Waals surface area contributed by atoms with E-state index in [-0.39, 0.29) is 17.5 Å². The second-order valence-corrected chi connectivity index (χ2v) is 7.43. The molecule has 19 heavy (non-hydrogen) atoms. The van der Waals surface area contributed by atoms with Crippen LogP contribution < -0.4 is 11.3 Å². The minimum Gasteiger partial charge on any atom is -0.271 e. The molecule has 0 saturated carbocycles. The van der Waals surface area contributed by atoms with Gasteiger partial charge >= 0.3 is 0 Å². The van der Waals surface area contributed by atoms with E-state index in [2.05, 4.69) is 37.5 Å². The Morgan fingerprint density at radius 3 is 2.53 bits per heavy atom. The third-order valence-electron chi connectivity index (χ3n) is 3.39. The van der Waals surface area contributed by atoms with E-state index in [1.165, 1.54) is 11.1 Å². The molecule has 5 heteroatoms. The summed E-state index contributed by atoms with van der Waals surface area (Å²) in [4.78, 5) is 0. The summed E-state index contributed by atoms with van der Waals surface area (Å²) in [6.07, 6.45) is 1.35. The Labute approximate surface area is 116 Å². The van der Waals surface area contributed by atoms with E-state index in [0.717, 1.165) is 12.0 Å². The molecule has 0 aliphatic heterocycles. The van der Waals surface area contributed by atoms with Gasteiger partial charge in [0.25, 0.3) is 0 Å². The molecule has 1 aromatic carbocycles. The fourth-order valence-corrected chi connectivity index (χ4v) is 3.09. The van der Waals surface area contributed by atoms with Crippen LogP contribution in [0.25, 0.3) is 0 Å². The van der Waals surface area contributed by atoms with Crippen molar-refractivity contribution < 1.29 is 8.42 Å². The molecule has 1 atom stereocenters. The van der Waals surface area contributed by atoms with E-state index in [4.69, 9.17) is 5.84 Å². The van der Waals surface area contributed by atoms with Crippen LogP contribution in [0.2, 0.25) is 0 Å². The molecule has 108 valence electrons. The Morgan fingerprint density at radius 2 is 2.00 bits per heavy atom. The van der Waals surface area contributed by atoms with Crippen LogP contribution in [0.15, 0.2) is 18.2 Å². The topological polar surface area (TPSA) is 72.2 Å². The molecule has 3 N–H and O–H groups in total. The first-order chi connectivity index (χ1) is 8.89. The Balaban J connectivity index is 2.68. The summed E-state index contributed by atoms with van der Waals surface area (Å²) in [5.74, 6) is 6.03. The lowest BCUT2D eigenvalue weighted by Crippen LogP contribution is -2.29. The maximum atomic E-state index is 11.5. The smallest absolute Gasteiger partial charge is 0.150 e.